The van der Waals surface area contributed by atoms with Crippen molar-refractivity contribution in [2.24, 2.45) is 0 Å². The van der Waals surface area contributed by atoms with Crippen LogP contribution in [0.4, 0.5) is 0 Å². The average molecular weight is 260 g/mol. The number of ether oxygens (including phenoxy) is 1. The third-order valence-electron chi connectivity index (χ3n) is 2.98. The molecule has 5 nitrogen and oxygen atoms in total. The zero-order chi connectivity index (χ0) is 14.0. The molecule has 0 saturated heterocycles. The minimum absolute atomic E-state index is 0.101. The fraction of sp³-hybridized carbons (Fsp3) is 0.357. The molecule has 1 N–H and O–H groups in total. The number of hydrogen-bond donors (Lipinski definition) is 1. The van der Waals surface area contributed by atoms with E-state index in [-0.39, 0.29) is 11.6 Å². The second-order valence-electron chi connectivity index (χ2n) is 4.43. The van der Waals surface area contributed by atoms with E-state index in [4.69, 9.17) is 0 Å². The van der Waals surface area contributed by atoms with Gasteiger partial charge in [0.15, 0.2) is 5.78 Å². The van der Waals surface area contributed by atoms with Gasteiger partial charge in [-0.25, -0.2) is 9.78 Å². The number of hydrogen-bond acceptors (Lipinski definition) is 4. The predicted octanol–water partition coefficient (Wildman–Crippen LogP) is 2.64. The van der Waals surface area contributed by atoms with E-state index in [9.17, 15) is 9.59 Å². The number of aryl methyl sites for hydroxylation is 1. The number of aromatic amines is 1. The standard InChI is InChI=1S/C14H16N2O3/c1-4-5-12(17)9-7-11-10(6-8(9)2)15-13(16-11)14(18)19-3/h6-7H,4-5H2,1-3H3,(H,15,16). The largest absolute Gasteiger partial charge is 0.463 e. The van der Waals surface area contributed by atoms with Gasteiger partial charge in [0, 0.05) is 12.0 Å². The Hall–Kier alpha value is -2.17. The molecule has 1 aromatic heterocycles. The summed E-state index contributed by atoms with van der Waals surface area (Å²) in [6.07, 6.45) is 1.32. The maximum atomic E-state index is 12.0. The molecular weight excluding hydrogens is 244 g/mol. The van der Waals surface area contributed by atoms with Gasteiger partial charge in [-0.2, -0.15) is 0 Å². The van der Waals surface area contributed by atoms with Crippen LogP contribution in [0.1, 0.15) is 46.3 Å². The molecule has 0 radical (unpaired) electrons. The van der Waals surface area contributed by atoms with E-state index in [2.05, 4.69) is 14.7 Å². The molecule has 1 heterocycles. The molecule has 0 atom stereocenters. The van der Waals surface area contributed by atoms with Crippen molar-refractivity contribution in [1.29, 1.82) is 0 Å². The normalized spacial score (nSPS) is 10.7. The fourth-order valence-corrected chi connectivity index (χ4v) is 2.02. The minimum atomic E-state index is -0.518. The minimum Gasteiger partial charge on any atom is -0.463 e. The zero-order valence-electron chi connectivity index (χ0n) is 11.2. The van der Waals surface area contributed by atoms with Crippen LogP contribution in [0, 0.1) is 6.92 Å². The molecule has 0 fully saturated rings. The predicted molar refractivity (Wildman–Crippen MR) is 71.4 cm³/mol. The zero-order valence-corrected chi connectivity index (χ0v) is 11.2. The quantitative estimate of drug-likeness (QED) is 0.677. The number of rotatable bonds is 4. The summed E-state index contributed by atoms with van der Waals surface area (Å²) in [5.74, 6) is -0.267. The van der Waals surface area contributed by atoms with Crippen LogP contribution in [0.5, 0.6) is 0 Å². The summed E-state index contributed by atoms with van der Waals surface area (Å²) in [5.41, 5.74) is 2.87. The van der Waals surface area contributed by atoms with E-state index in [1.807, 2.05) is 19.9 Å². The number of imidazole rings is 1. The highest BCUT2D eigenvalue weighted by Crippen LogP contribution is 2.20. The van der Waals surface area contributed by atoms with Crippen LogP contribution in [-0.4, -0.2) is 28.8 Å². The van der Waals surface area contributed by atoms with Crippen LogP contribution in [0.3, 0.4) is 0 Å². The van der Waals surface area contributed by atoms with E-state index in [0.717, 1.165) is 17.5 Å². The number of nitrogens with one attached hydrogen (secondary N) is 1. The van der Waals surface area contributed by atoms with Gasteiger partial charge in [-0.05, 0) is 31.0 Å². The van der Waals surface area contributed by atoms with Crippen molar-refractivity contribution in [3.8, 4) is 0 Å². The van der Waals surface area contributed by atoms with Crippen LogP contribution in [0.15, 0.2) is 12.1 Å². The summed E-state index contributed by atoms with van der Waals surface area (Å²) >= 11 is 0. The number of carbonyl (C=O) groups is 2. The maximum absolute atomic E-state index is 12.0. The highest BCUT2D eigenvalue weighted by Gasteiger charge is 2.15. The molecule has 0 saturated carbocycles. The number of fused-ring (bicyclic) bond motifs is 1. The first-order valence-electron chi connectivity index (χ1n) is 6.18. The van der Waals surface area contributed by atoms with Crippen molar-refractivity contribution in [3.63, 3.8) is 0 Å². The van der Waals surface area contributed by atoms with E-state index in [1.165, 1.54) is 7.11 Å². The summed E-state index contributed by atoms with van der Waals surface area (Å²) in [7, 11) is 1.30. The molecule has 100 valence electrons. The number of ketones is 1. The number of H-pyrrole nitrogens is 1. The monoisotopic (exact) mass is 260 g/mol. The molecule has 0 unspecified atom stereocenters. The van der Waals surface area contributed by atoms with Crippen LogP contribution in [-0.2, 0) is 4.74 Å². The summed E-state index contributed by atoms with van der Waals surface area (Å²) in [6.45, 7) is 3.84. The molecule has 0 spiro atoms. The SMILES string of the molecule is CCCC(=O)c1cc2nc(C(=O)OC)[nH]c2cc1C. The lowest BCUT2D eigenvalue weighted by Gasteiger charge is -2.03. The first-order chi connectivity index (χ1) is 9.06. The number of aromatic nitrogens is 2. The smallest absolute Gasteiger partial charge is 0.374 e. The molecule has 19 heavy (non-hydrogen) atoms. The Morgan fingerprint density at radius 2 is 2.11 bits per heavy atom. The first kappa shape index (κ1) is 13.3. The number of methoxy groups -OCH3 is 1. The Morgan fingerprint density at radius 3 is 2.74 bits per heavy atom. The molecule has 0 aliphatic carbocycles. The van der Waals surface area contributed by atoms with Gasteiger partial charge in [0.1, 0.15) is 0 Å². The highest BCUT2D eigenvalue weighted by atomic mass is 16.5. The Morgan fingerprint density at radius 1 is 1.37 bits per heavy atom. The van der Waals surface area contributed by atoms with Crippen molar-refractivity contribution in [2.75, 3.05) is 7.11 Å². The van der Waals surface area contributed by atoms with Crippen molar-refractivity contribution in [1.82, 2.24) is 9.97 Å². The molecule has 0 aliphatic rings. The lowest BCUT2D eigenvalue weighted by molar-refractivity contribution is 0.0588. The van der Waals surface area contributed by atoms with Crippen LogP contribution in [0.25, 0.3) is 11.0 Å². The molecule has 0 amide bonds. The Labute approximate surface area is 111 Å². The highest BCUT2D eigenvalue weighted by molar-refractivity contribution is 6.01. The molecule has 0 aliphatic heterocycles. The molecule has 1 aromatic carbocycles. The lowest BCUT2D eigenvalue weighted by Crippen LogP contribution is -2.02. The van der Waals surface area contributed by atoms with Gasteiger partial charge >= 0.3 is 5.97 Å². The van der Waals surface area contributed by atoms with Gasteiger partial charge in [0.2, 0.25) is 5.82 Å². The number of esters is 1. The third kappa shape index (κ3) is 2.50. The maximum Gasteiger partial charge on any atom is 0.374 e. The van der Waals surface area contributed by atoms with Gasteiger partial charge in [-0.15, -0.1) is 0 Å². The van der Waals surface area contributed by atoms with Gasteiger partial charge in [-0.1, -0.05) is 6.92 Å². The molecule has 5 heteroatoms. The summed E-state index contributed by atoms with van der Waals surface area (Å²) in [6, 6.07) is 3.56. The summed E-state index contributed by atoms with van der Waals surface area (Å²) in [4.78, 5) is 30.4. The lowest BCUT2D eigenvalue weighted by atomic mass is 10.0. The first-order valence-corrected chi connectivity index (χ1v) is 6.18. The van der Waals surface area contributed by atoms with Crippen molar-refractivity contribution in [3.05, 3.63) is 29.1 Å². The number of benzene rings is 1. The van der Waals surface area contributed by atoms with Gasteiger partial charge < -0.3 is 9.72 Å². The van der Waals surface area contributed by atoms with Crippen molar-refractivity contribution >= 4 is 22.8 Å². The second-order valence-corrected chi connectivity index (χ2v) is 4.43. The van der Waals surface area contributed by atoms with Crippen molar-refractivity contribution in [2.45, 2.75) is 26.7 Å². The number of carbonyl (C=O) groups excluding carboxylic acids is 2. The second kappa shape index (κ2) is 5.22. The molecule has 2 aromatic rings. The Kier molecular flexibility index (Phi) is 3.64. The van der Waals surface area contributed by atoms with Crippen LogP contribution < -0.4 is 0 Å². The Balaban J connectivity index is 2.49. The van der Waals surface area contributed by atoms with E-state index >= 15 is 0 Å². The molecule has 0 bridgehead atoms. The summed E-state index contributed by atoms with van der Waals surface area (Å²) in [5, 5.41) is 0. The van der Waals surface area contributed by atoms with E-state index in [0.29, 0.717) is 17.5 Å². The Bertz CT molecular complexity index is 643. The average Bonchev–Trinajstić information content (AvgIpc) is 2.79. The van der Waals surface area contributed by atoms with Crippen LogP contribution >= 0.6 is 0 Å². The van der Waals surface area contributed by atoms with Gasteiger partial charge in [0.05, 0.1) is 18.1 Å². The van der Waals surface area contributed by atoms with Gasteiger partial charge in [0.25, 0.3) is 0 Å². The topological polar surface area (TPSA) is 72.1 Å². The van der Waals surface area contributed by atoms with E-state index < -0.39 is 5.97 Å². The van der Waals surface area contributed by atoms with Gasteiger partial charge in [-0.3, -0.25) is 4.79 Å². The number of Topliss-reactive ketones (excluding diaryl/α,β-unsaturated/α-hetero) is 1. The molecular formula is C14H16N2O3. The van der Waals surface area contributed by atoms with Crippen molar-refractivity contribution < 1.29 is 14.3 Å². The number of nitrogens with zero attached hydrogens (tertiary/aromatic N) is 1. The van der Waals surface area contributed by atoms with Crippen LogP contribution in [0.2, 0.25) is 0 Å². The third-order valence-corrected chi connectivity index (χ3v) is 2.98. The fourth-order valence-electron chi connectivity index (χ4n) is 2.02. The van der Waals surface area contributed by atoms with E-state index in [1.54, 1.807) is 6.07 Å². The molecule has 2 rings (SSSR count). The summed E-state index contributed by atoms with van der Waals surface area (Å²) < 4.78 is 4.61.